The summed E-state index contributed by atoms with van der Waals surface area (Å²) in [4.78, 5) is 28.2. The van der Waals surface area contributed by atoms with Gasteiger partial charge in [-0.3, -0.25) is 14.5 Å². The first-order valence-electron chi connectivity index (χ1n) is 9.14. The molecule has 2 aromatic heterocycles. The number of hydrogen-bond donors (Lipinski definition) is 0. The van der Waals surface area contributed by atoms with Crippen LogP contribution in [0.15, 0.2) is 56.2 Å². The van der Waals surface area contributed by atoms with Crippen LogP contribution in [-0.2, 0) is 0 Å². The zero-order valence-corrected chi connectivity index (χ0v) is 17.4. The lowest BCUT2D eigenvalue weighted by molar-refractivity contribution is 0.0969. The number of aryl methyl sites for hydroxylation is 2. The average Bonchev–Trinajstić information content (AvgIpc) is 3.26. The van der Waals surface area contributed by atoms with Gasteiger partial charge in [-0.1, -0.05) is 46.1 Å². The molecule has 4 aromatic rings. The Kier molecular flexibility index (Phi) is 4.24. The number of carbonyl (C=O) groups is 1. The number of rotatable bonds is 2. The quantitative estimate of drug-likeness (QED) is 0.413. The van der Waals surface area contributed by atoms with Gasteiger partial charge in [0.1, 0.15) is 11.3 Å². The molecule has 0 spiro atoms. The van der Waals surface area contributed by atoms with E-state index < -0.39 is 11.9 Å². The molecule has 5 rings (SSSR count). The number of carbonyl (C=O) groups excluding carboxylic acids is 1. The second-order valence-electron chi connectivity index (χ2n) is 7.22. The van der Waals surface area contributed by atoms with Gasteiger partial charge in [0, 0.05) is 6.07 Å². The third-order valence-electron chi connectivity index (χ3n) is 5.15. The van der Waals surface area contributed by atoms with Crippen molar-refractivity contribution in [2.24, 2.45) is 0 Å². The summed E-state index contributed by atoms with van der Waals surface area (Å²) in [5.74, 6) is 0.309. The number of aromatic nitrogens is 1. The Labute approximate surface area is 180 Å². The van der Waals surface area contributed by atoms with E-state index >= 15 is 0 Å². The minimum absolute atomic E-state index is 0.0203. The Morgan fingerprint density at radius 3 is 2.50 bits per heavy atom. The fraction of sp³-hybridized carbons (Fsp3) is 0.136. The molecule has 6 nitrogen and oxygen atoms in total. The maximum absolute atomic E-state index is 13.5. The Bertz CT molecular complexity index is 1410. The molecule has 0 fully saturated rings. The summed E-state index contributed by atoms with van der Waals surface area (Å²) in [6.07, 6.45) is 0. The van der Waals surface area contributed by atoms with Crippen LogP contribution in [0.3, 0.4) is 0 Å². The van der Waals surface area contributed by atoms with E-state index in [0.29, 0.717) is 32.3 Å². The van der Waals surface area contributed by atoms with Gasteiger partial charge < -0.3 is 8.94 Å². The number of fused-ring (bicyclic) bond motifs is 2. The predicted molar refractivity (Wildman–Crippen MR) is 114 cm³/mol. The van der Waals surface area contributed by atoms with E-state index in [-0.39, 0.29) is 22.6 Å². The molecule has 0 aliphatic carbocycles. The van der Waals surface area contributed by atoms with Gasteiger partial charge >= 0.3 is 0 Å². The van der Waals surface area contributed by atoms with Gasteiger partial charge in [-0.2, -0.15) is 0 Å². The van der Waals surface area contributed by atoms with Gasteiger partial charge in [-0.25, -0.2) is 0 Å². The molecule has 3 heterocycles. The number of halogens is 2. The van der Waals surface area contributed by atoms with E-state index in [1.165, 1.54) is 4.90 Å². The molecule has 1 aliphatic rings. The summed E-state index contributed by atoms with van der Waals surface area (Å²) in [5.41, 5.74) is 1.83. The van der Waals surface area contributed by atoms with Gasteiger partial charge in [0.2, 0.25) is 5.76 Å². The second kappa shape index (κ2) is 6.72. The van der Waals surface area contributed by atoms with Gasteiger partial charge in [0.15, 0.2) is 11.2 Å². The number of benzene rings is 2. The van der Waals surface area contributed by atoms with Crippen molar-refractivity contribution in [3.8, 4) is 0 Å². The van der Waals surface area contributed by atoms with Crippen molar-refractivity contribution in [3.63, 3.8) is 0 Å². The molecule has 1 atom stereocenters. The van der Waals surface area contributed by atoms with E-state index in [4.69, 9.17) is 32.1 Å². The zero-order valence-electron chi connectivity index (χ0n) is 15.9. The molecule has 0 saturated heterocycles. The molecule has 2 aromatic carbocycles. The molecule has 1 aliphatic heterocycles. The summed E-state index contributed by atoms with van der Waals surface area (Å²) < 4.78 is 11.1. The number of nitrogens with zero attached hydrogens (tertiary/aromatic N) is 2. The SMILES string of the molecule is Cc1ccc2oc3c(c(=O)c2c1)[C@@H](c1ccc(Cl)c(Cl)c1)N(c1cc(C)on1)C3=O. The third-order valence-corrected chi connectivity index (χ3v) is 5.89. The largest absolute Gasteiger partial charge is 0.450 e. The lowest BCUT2D eigenvalue weighted by Gasteiger charge is -2.22. The molecular formula is C22H14Cl2N2O4. The maximum atomic E-state index is 13.5. The normalized spacial score (nSPS) is 15.8. The fourth-order valence-corrected chi connectivity index (χ4v) is 4.09. The Morgan fingerprint density at radius 1 is 1.00 bits per heavy atom. The standard InChI is InChI=1S/C22H14Cl2N2O4/c1-10-3-6-16-13(7-10)20(27)18-19(12-4-5-14(23)15(24)9-12)26(22(28)21(18)29-16)17-8-11(2)30-25-17/h3-9,19H,1-2H3/t19-/m1/s1. The first-order chi connectivity index (χ1) is 14.3. The molecular weight excluding hydrogens is 427 g/mol. The molecule has 30 heavy (non-hydrogen) atoms. The maximum Gasteiger partial charge on any atom is 0.296 e. The molecule has 0 saturated carbocycles. The topological polar surface area (TPSA) is 76.6 Å². The monoisotopic (exact) mass is 440 g/mol. The summed E-state index contributed by atoms with van der Waals surface area (Å²) in [5, 5.41) is 5.08. The molecule has 0 unspecified atom stereocenters. The molecule has 0 N–H and O–H groups in total. The molecule has 0 radical (unpaired) electrons. The Morgan fingerprint density at radius 2 is 1.80 bits per heavy atom. The van der Waals surface area contributed by atoms with Crippen molar-refractivity contribution >= 4 is 45.9 Å². The van der Waals surface area contributed by atoms with Crippen LogP contribution in [0.4, 0.5) is 5.82 Å². The van der Waals surface area contributed by atoms with Crippen LogP contribution in [0.5, 0.6) is 0 Å². The van der Waals surface area contributed by atoms with Crippen molar-refractivity contribution in [2.45, 2.75) is 19.9 Å². The average molecular weight is 441 g/mol. The third kappa shape index (κ3) is 2.75. The van der Waals surface area contributed by atoms with Gasteiger partial charge in [0.25, 0.3) is 5.91 Å². The first-order valence-corrected chi connectivity index (χ1v) is 9.90. The minimum atomic E-state index is -0.784. The highest BCUT2D eigenvalue weighted by molar-refractivity contribution is 6.42. The predicted octanol–water partition coefficient (Wildman–Crippen LogP) is 5.45. The zero-order chi connectivity index (χ0) is 21.2. The van der Waals surface area contributed by atoms with Gasteiger partial charge in [-0.15, -0.1) is 0 Å². The van der Waals surface area contributed by atoms with Crippen LogP contribution in [-0.4, -0.2) is 11.1 Å². The lowest BCUT2D eigenvalue weighted by Crippen LogP contribution is -2.29. The molecule has 1 amide bonds. The number of amides is 1. The molecule has 0 bridgehead atoms. The van der Waals surface area contributed by atoms with E-state index in [2.05, 4.69) is 5.16 Å². The van der Waals surface area contributed by atoms with Crippen molar-refractivity contribution in [1.82, 2.24) is 5.16 Å². The second-order valence-corrected chi connectivity index (χ2v) is 8.03. The van der Waals surface area contributed by atoms with Gasteiger partial charge in [-0.05, 0) is 43.7 Å². The summed E-state index contributed by atoms with van der Waals surface area (Å²) >= 11 is 12.3. The number of hydrogen-bond acceptors (Lipinski definition) is 5. The smallest absolute Gasteiger partial charge is 0.296 e. The fourth-order valence-electron chi connectivity index (χ4n) is 3.79. The summed E-state index contributed by atoms with van der Waals surface area (Å²) in [6, 6.07) is 11.1. The minimum Gasteiger partial charge on any atom is -0.450 e. The highest BCUT2D eigenvalue weighted by Crippen LogP contribution is 2.42. The lowest BCUT2D eigenvalue weighted by atomic mass is 9.98. The summed E-state index contributed by atoms with van der Waals surface area (Å²) in [6.45, 7) is 3.61. The first kappa shape index (κ1) is 18.9. The molecule has 150 valence electrons. The number of anilines is 1. The van der Waals surface area contributed by atoms with Crippen LogP contribution >= 0.6 is 23.2 Å². The van der Waals surface area contributed by atoms with Crippen molar-refractivity contribution < 1.29 is 13.7 Å². The van der Waals surface area contributed by atoms with Gasteiger partial charge in [0.05, 0.1) is 27.0 Å². The van der Waals surface area contributed by atoms with Crippen LogP contribution in [0.25, 0.3) is 11.0 Å². The van der Waals surface area contributed by atoms with E-state index in [9.17, 15) is 9.59 Å². The summed E-state index contributed by atoms with van der Waals surface area (Å²) in [7, 11) is 0. The van der Waals surface area contributed by atoms with Crippen LogP contribution in [0.2, 0.25) is 10.0 Å². The Balaban J connectivity index is 1.84. The van der Waals surface area contributed by atoms with Crippen molar-refractivity contribution in [2.75, 3.05) is 4.90 Å². The van der Waals surface area contributed by atoms with E-state index in [0.717, 1.165) is 5.56 Å². The highest BCUT2D eigenvalue weighted by Gasteiger charge is 2.45. The highest BCUT2D eigenvalue weighted by atomic mass is 35.5. The Hall–Kier alpha value is -3.09. The van der Waals surface area contributed by atoms with Crippen molar-refractivity contribution in [1.29, 1.82) is 0 Å². The molecule has 8 heteroatoms. The van der Waals surface area contributed by atoms with Crippen molar-refractivity contribution in [3.05, 3.63) is 90.9 Å². The van der Waals surface area contributed by atoms with E-state index in [1.54, 1.807) is 43.3 Å². The van der Waals surface area contributed by atoms with E-state index in [1.807, 2.05) is 13.0 Å². The van der Waals surface area contributed by atoms with Crippen LogP contribution < -0.4 is 10.3 Å². The van der Waals surface area contributed by atoms with Crippen LogP contribution in [0.1, 0.15) is 39.0 Å². The van der Waals surface area contributed by atoms with Crippen LogP contribution in [0, 0.1) is 13.8 Å².